The molecule has 0 amide bonds. The molecule has 2 N–H and O–H groups in total. The Bertz CT molecular complexity index is 532. The van der Waals surface area contributed by atoms with Crippen molar-refractivity contribution in [2.24, 2.45) is 5.73 Å². The van der Waals surface area contributed by atoms with Crippen LogP contribution in [-0.2, 0) is 6.42 Å². The molecule has 0 atom stereocenters. The second-order valence-electron chi connectivity index (χ2n) is 5.54. The second kappa shape index (κ2) is 3.74. The van der Waals surface area contributed by atoms with Gasteiger partial charge in [0.2, 0.25) is 4.96 Å². The standard InChI is InChI=1S/C11H17N5S/c1-11(2,12)6-8-15-16-9(7-4-3-5-7)13-14-10(16)17-8/h7H,3-6,12H2,1-2H3. The largest absolute Gasteiger partial charge is 0.325 e. The third-order valence-electron chi connectivity index (χ3n) is 3.13. The maximum Gasteiger partial charge on any atom is 0.234 e. The Morgan fingerprint density at radius 1 is 1.41 bits per heavy atom. The molecule has 2 heterocycles. The highest BCUT2D eigenvalue weighted by Gasteiger charge is 2.26. The van der Waals surface area contributed by atoms with Crippen molar-refractivity contribution in [2.75, 3.05) is 0 Å². The molecule has 0 aromatic carbocycles. The van der Waals surface area contributed by atoms with Crippen molar-refractivity contribution in [1.29, 1.82) is 0 Å². The molecule has 1 aliphatic carbocycles. The number of nitrogens with zero attached hydrogens (tertiary/aromatic N) is 4. The first-order valence-electron chi connectivity index (χ1n) is 6.03. The van der Waals surface area contributed by atoms with Gasteiger partial charge in [0.25, 0.3) is 0 Å². The predicted octanol–water partition coefficient (Wildman–Crippen LogP) is 1.73. The normalized spacial score (nSPS) is 17.6. The Balaban J connectivity index is 1.93. The minimum atomic E-state index is -0.222. The summed E-state index contributed by atoms with van der Waals surface area (Å²) in [5.74, 6) is 1.59. The number of hydrogen-bond donors (Lipinski definition) is 1. The van der Waals surface area contributed by atoms with Crippen LogP contribution in [-0.4, -0.2) is 25.4 Å². The Morgan fingerprint density at radius 2 is 2.18 bits per heavy atom. The number of fused-ring (bicyclic) bond motifs is 1. The molecule has 17 heavy (non-hydrogen) atoms. The van der Waals surface area contributed by atoms with E-state index in [2.05, 4.69) is 15.3 Å². The zero-order valence-corrected chi connectivity index (χ0v) is 11.0. The highest BCUT2D eigenvalue weighted by atomic mass is 32.1. The zero-order valence-electron chi connectivity index (χ0n) is 10.2. The van der Waals surface area contributed by atoms with Crippen molar-refractivity contribution in [3.63, 3.8) is 0 Å². The molecule has 3 rings (SSSR count). The van der Waals surface area contributed by atoms with Crippen molar-refractivity contribution >= 4 is 16.3 Å². The number of rotatable bonds is 3. The minimum absolute atomic E-state index is 0.222. The fraction of sp³-hybridized carbons (Fsp3) is 0.727. The van der Waals surface area contributed by atoms with Crippen LogP contribution in [0.3, 0.4) is 0 Å². The quantitative estimate of drug-likeness (QED) is 0.902. The van der Waals surface area contributed by atoms with Gasteiger partial charge in [-0.1, -0.05) is 17.8 Å². The summed E-state index contributed by atoms with van der Waals surface area (Å²) in [6, 6.07) is 0. The van der Waals surface area contributed by atoms with E-state index in [1.807, 2.05) is 18.4 Å². The highest BCUT2D eigenvalue weighted by molar-refractivity contribution is 7.16. The maximum absolute atomic E-state index is 6.01. The Labute approximate surface area is 104 Å². The summed E-state index contributed by atoms with van der Waals surface area (Å²) in [7, 11) is 0. The van der Waals surface area contributed by atoms with E-state index in [1.54, 1.807) is 11.3 Å². The lowest BCUT2D eigenvalue weighted by Crippen LogP contribution is -2.34. The summed E-state index contributed by atoms with van der Waals surface area (Å²) in [6.07, 6.45) is 4.52. The van der Waals surface area contributed by atoms with Crippen LogP contribution in [0.2, 0.25) is 0 Å². The smallest absolute Gasteiger partial charge is 0.234 e. The van der Waals surface area contributed by atoms with E-state index >= 15 is 0 Å². The van der Waals surface area contributed by atoms with Gasteiger partial charge in [0.1, 0.15) is 5.01 Å². The summed E-state index contributed by atoms with van der Waals surface area (Å²) >= 11 is 1.60. The molecule has 2 aromatic heterocycles. The molecule has 0 spiro atoms. The summed E-state index contributed by atoms with van der Waals surface area (Å²) in [5.41, 5.74) is 5.79. The van der Waals surface area contributed by atoms with Gasteiger partial charge in [-0.15, -0.1) is 10.2 Å². The first-order chi connectivity index (χ1) is 8.03. The number of nitrogens with two attached hydrogens (primary N) is 1. The lowest BCUT2D eigenvalue weighted by atomic mass is 9.85. The lowest BCUT2D eigenvalue weighted by Gasteiger charge is -2.22. The van der Waals surface area contributed by atoms with Gasteiger partial charge in [-0.05, 0) is 26.7 Å². The summed E-state index contributed by atoms with van der Waals surface area (Å²) in [6.45, 7) is 4.03. The van der Waals surface area contributed by atoms with Crippen LogP contribution >= 0.6 is 11.3 Å². The Kier molecular flexibility index (Phi) is 2.45. The highest BCUT2D eigenvalue weighted by Crippen LogP contribution is 2.35. The predicted molar refractivity (Wildman–Crippen MR) is 67.2 cm³/mol. The van der Waals surface area contributed by atoms with Crippen LogP contribution in [0, 0.1) is 0 Å². The van der Waals surface area contributed by atoms with Crippen LogP contribution in [0.1, 0.15) is 49.9 Å². The lowest BCUT2D eigenvalue weighted by molar-refractivity contribution is 0.394. The van der Waals surface area contributed by atoms with Crippen LogP contribution in [0.5, 0.6) is 0 Å². The average Bonchev–Trinajstić information content (AvgIpc) is 2.61. The molecular formula is C11H17N5S. The summed E-state index contributed by atoms with van der Waals surface area (Å²) in [4.78, 5) is 0.895. The summed E-state index contributed by atoms with van der Waals surface area (Å²) < 4.78 is 1.91. The van der Waals surface area contributed by atoms with E-state index in [0.29, 0.717) is 5.92 Å². The van der Waals surface area contributed by atoms with Crippen LogP contribution in [0.4, 0.5) is 0 Å². The number of aromatic nitrogens is 4. The molecular weight excluding hydrogens is 234 g/mol. The second-order valence-corrected chi connectivity index (χ2v) is 6.58. The molecule has 92 valence electrons. The average molecular weight is 251 g/mol. The Hall–Kier alpha value is -1.01. The first kappa shape index (κ1) is 11.1. The van der Waals surface area contributed by atoms with Gasteiger partial charge in [0.05, 0.1) is 0 Å². The van der Waals surface area contributed by atoms with E-state index in [4.69, 9.17) is 5.73 Å². The van der Waals surface area contributed by atoms with Crippen LogP contribution in [0.25, 0.3) is 4.96 Å². The van der Waals surface area contributed by atoms with Gasteiger partial charge in [0, 0.05) is 17.9 Å². The van der Waals surface area contributed by atoms with Crippen molar-refractivity contribution in [1.82, 2.24) is 19.8 Å². The molecule has 2 aromatic rings. The van der Waals surface area contributed by atoms with E-state index in [-0.39, 0.29) is 5.54 Å². The third-order valence-corrected chi connectivity index (χ3v) is 4.03. The van der Waals surface area contributed by atoms with Gasteiger partial charge in [-0.2, -0.15) is 9.61 Å². The van der Waals surface area contributed by atoms with Gasteiger partial charge in [-0.3, -0.25) is 0 Å². The van der Waals surface area contributed by atoms with Crippen molar-refractivity contribution in [3.8, 4) is 0 Å². The van der Waals surface area contributed by atoms with Crippen molar-refractivity contribution in [2.45, 2.75) is 51.0 Å². The van der Waals surface area contributed by atoms with E-state index in [0.717, 1.165) is 22.2 Å². The molecule has 0 bridgehead atoms. The third kappa shape index (κ3) is 2.07. The molecule has 0 unspecified atom stereocenters. The van der Waals surface area contributed by atoms with Crippen LogP contribution < -0.4 is 5.73 Å². The number of hydrogen-bond acceptors (Lipinski definition) is 5. The maximum atomic E-state index is 6.01. The van der Waals surface area contributed by atoms with Crippen molar-refractivity contribution in [3.05, 3.63) is 10.8 Å². The van der Waals surface area contributed by atoms with Gasteiger partial charge in [0.15, 0.2) is 5.82 Å². The van der Waals surface area contributed by atoms with E-state index < -0.39 is 0 Å². The molecule has 0 aliphatic heterocycles. The van der Waals surface area contributed by atoms with Gasteiger partial charge >= 0.3 is 0 Å². The van der Waals surface area contributed by atoms with Crippen LogP contribution in [0.15, 0.2) is 0 Å². The van der Waals surface area contributed by atoms with E-state index in [9.17, 15) is 0 Å². The topological polar surface area (TPSA) is 69.1 Å². The SMILES string of the molecule is CC(C)(N)Cc1nn2c(C3CCC3)nnc2s1. The molecule has 6 heteroatoms. The molecule has 0 radical (unpaired) electrons. The molecule has 0 saturated heterocycles. The van der Waals surface area contributed by atoms with Gasteiger partial charge < -0.3 is 5.73 Å². The summed E-state index contributed by atoms with van der Waals surface area (Å²) in [5, 5.41) is 14.1. The fourth-order valence-corrected chi connectivity index (χ4v) is 3.13. The zero-order chi connectivity index (χ0) is 12.0. The minimum Gasteiger partial charge on any atom is -0.325 e. The first-order valence-corrected chi connectivity index (χ1v) is 6.84. The molecule has 1 fully saturated rings. The fourth-order valence-electron chi connectivity index (χ4n) is 2.05. The Morgan fingerprint density at radius 3 is 2.76 bits per heavy atom. The monoisotopic (exact) mass is 251 g/mol. The van der Waals surface area contributed by atoms with E-state index in [1.165, 1.54) is 19.3 Å². The molecule has 1 aliphatic rings. The molecule has 5 nitrogen and oxygen atoms in total. The molecule has 1 saturated carbocycles. The van der Waals surface area contributed by atoms with Crippen molar-refractivity contribution < 1.29 is 0 Å². The van der Waals surface area contributed by atoms with Gasteiger partial charge in [-0.25, -0.2) is 0 Å².